The molecule has 0 bridgehead atoms. The Labute approximate surface area is 263 Å². The number of methoxy groups -OCH3 is 1. The zero-order valence-electron chi connectivity index (χ0n) is 24.2. The highest BCUT2D eigenvalue weighted by molar-refractivity contribution is 9.11. The van der Waals surface area contributed by atoms with Gasteiger partial charge in [0.05, 0.1) is 54.0 Å². The Bertz CT molecular complexity index is 1350. The molecule has 0 aliphatic heterocycles. The van der Waals surface area contributed by atoms with E-state index < -0.39 is 5.97 Å². The van der Waals surface area contributed by atoms with Crippen LogP contribution in [0.3, 0.4) is 0 Å². The van der Waals surface area contributed by atoms with Gasteiger partial charge >= 0.3 is 5.97 Å². The van der Waals surface area contributed by atoms with Crippen molar-refractivity contribution in [3.05, 3.63) is 85.3 Å². The van der Waals surface area contributed by atoms with E-state index in [1.54, 1.807) is 31.4 Å². The Balaban J connectivity index is 1.92. The minimum atomic E-state index is -0.938. The van der Waals surface area contributed by atoms with Crippen molar-refractivity contribution in [2.75, 3.05) is 46.8 Å². The van der Waals surface area contributed by atoms with Gasteiger partial charge in [-0.3, -0.25) is 9.59 Å². The standard InChI is InChI=1S/C32H36Br2O8/c1-20(2)24-18-29(42-32-26(33)15-22(16-27(32)34)17-30(35)36)25(31(37)23-7-5-6-21(3)14-23)19-28(24)41-13-12-40-11-10-39-9-8-38-4/h5-7,14-16,18-20H,8-13,17H2,1-4H3,(H,35,36). The van der Waals surface area contributed by atoms with E-state index in [0.29, 0.717) is 75.9 Å². The number of ether oxygens (including phenoxy) is 5. The smallest absolute Gasteiger partial charge is 0.307 e. The number of aliphatic carboxylic acids is 1. The van der Waals surface area contributed by atoms with Crippen LogP contribution in [-0.2, 0) is 25.4 Å². The lowest BCUT2D eigenvalue weighted by molar-refractivity contribution is -0.136. The van der Waals surface area contributed by atoms with Crippen LogP contribution in [0.5, 0.6) is 17.2 Å². The molecule has 10 heteroatoms. The fourth-order valence-corrected chi connectivity index (χ4v) is 5.57. The highest BCUT2D eigenvalue weighted by Crippen LogP contribution is 2.42. The molecular weight excluding hydrogens is 672 g/mol. The monoisotopic (exact) mass is 706 g/mol. The summed E-state index contributed by atoms with van der Waals surface area (Å²) in [5.41, 5.74) is 3.28. The molecule has 0 radical (unpaired) electrons. The van der Waals surface area contributed by atoms with E-state index in [4.69, 9.17) is 23.7 Å². The maximum Gasteiger partial charge on any atom is 0.307 e. The molecule has 0 saturated carbocycles. The van der Waals surface area contributed by atoms with Crippen LogP contribution in [0, 0.1) is 6.92 Å². The number of aryl methyl sites for hydroxylation is 1. The number of benzene rings is 3. The fourth-order valence-electron chi connectivity index (χ4n) is 4.13. The molecule has 0 unspecified atom stereocenters. The second-order valence-electron chi connectivity index (χ2n) is 9.87. The summed E-state index contributed by atoms with van der Waals surface area (Å²) in [6.07, 6.45) is -0.136. The molecule has 0 aliphatic rings. The van der Waals surface area contributed by atoms with Gasteiger partial charge in [0, 0.05) is 18.2 Å². The predicted octanol–water partition coefficient (Wildman–Crippen LogP) is 7.35. The summed E-state index contributed by atoms with van der Waals surface area (Å²) in [6.45, 7) is 8.59. The van der Waals surface area contributed by atoms with Crippen LogP contribution in [0.2, 0.25) is 0 Å². The lowest BCUT2D eigenvalue weighted by Crippen LogP contribution is -2.13. The molecule has 0 fully saturated rings. The molecule has 1 N–H and O–H groups in total. The Morgan fingerprint density at radius 2 is 1.50 bits per heavy atom. The first-order chi connectivity index (χ1) is 20.1. The van der Waals surface area contributed by atoms with Crippen molar-refractivity contribution in [1.29, 1.82) is 0 Å². The van der Waals surface area contributed by atoms with Gasteiger partial charge in [-0.15, -0.1) is 0 Å². The van der Waals surface area contributed by atoms with Crippen molar-refractivity contribution in [2.45, 2.75) is 33.1 Å². The average Bonchev–Trinajstić information content (AvgIpc) is 2.93. The van der Waals surface area contributed by atoms with Crippen LogP contribution >= 0.6 is 31.9 Å². The van der Waals surface area contributed by atoms with Crippen molar-refractivity contribution >= 4 is 43.6 Å². The lowest BCUT2D eigenvalue weighted by Gasteiger charge is -2.20. The number of carboxylic acids is 1. The van der Waals surface area contributed by atoms with Crippen LogP contribution in [0.4, 0.5) is 0 Å². The summed E-state index contributed by atoms with van der Waals surface area (Å²) < 4.78 is 29.6. The molecule has 0 aliphatic carbocycles. The third kappa shape index (κ3) is 9.91. The molecule has 226 valence electrons. The van der Waals surface area contributed by atoms with Gasteiger partial charge < -0.3 is 28.8 Å². The lowest BCUT2D eigenvalue weighted by atomic mass is 9.95. The molecule has 0 heterocycles. The number of carbonyl (C=O) groups is 2. The Morgan fingerprint density at radius 3 is 2.10 bits per heavy atom. The highest BCUT2D eigenvalue weighted by Gasteiger charge is 2.23. The number of hydrogen-bond acceptors (Lipinski definition) is 7. The number of ketones is 1. The van der Waals surface area contributed by atoms with Gasteiger partial charge in [0.15, 0.2) is 11.5 Å². The Kier molecular flexibility index (Phi) is 13.5. The molecule has 0 spiro atoms. The van der Waals surface area contributed by atoms with E-state index in [1.807, 2.05) is 45.0 Å². The first-order valence-corrected chi connectivity index (χ1v) is 15.1. The number of carboxylic acid groups (broad SMARTS) is 1. The van der Waals surface area contributed by atoms with Gasteiger partial charge in [-0.1, -0.05) is 37.6 Å². The van der Waals surface area contributed by atoms with Gasteiger partial charge in [-0.25, -0.2) is 0 Å². The molecule has 0 amide bonds. The first-order valence-electron chi connectivity index (χ1n) is 13.5. The van der Waals surface area contributed by atoms with Crippen LogP contribution < -0.4 is 9.47 Å². The maximum atomic E-state index is 13.8. The predicted molar refractivity (Wildman–Crippen MR) is 167 cm³/mol. The normalized spacial score (nSPS) is 11.1. The van der Waals surface area contributed by atoms with E-state index in [1.165, 1.54) is 0 Å². The van der Waals surface area contributed by atoms with Crippen LogP contribution in [0.15, 0.2) is 57.5 Å². The van der Waals surface area contributed by atoms with Crippen LogP contribution in [0.1, 0.15) is 52.4 Å². The quantitative estimate of drug-likeness (QED) is 0.115. The average molecular weight is 708 g/mol. The van der Waals surface area contributed by atoms with E-state index in [0.717, 1.165) is 11.1 Å². The van der Waals surface area contributed by atoms with E-state index >= 15 is 0 Å². The SMILES string of the molecule is COCCOCCOCCOc1cc(C(=O)c2cccc(C)c2)c(Oc2c(Br)cc(CC(=O)O)cc2Br)cc1C(C)C. The summed E-state index contributed by atoms with van der Waals surface area (Å²) in [5, 5.41) is 9.20. The largest absolute Gasteiger partial charge is 0.491 e. The zero-order chi connectivity index (χ0) is 30.6. The van der Waals surface area contributed by atoms with Crippen molar-refractivity contribution in [1.82, 2.24) is 0 Å². The zero-order valence-corrected chi connectivity index (χ0v) is 27.4. The summed E-state index contributed by atoms with van der Waals surface area (Å²) in [5.74, 6) is 0.259. The second-order valence-corrected chi connectivity index (χ2v) is 11.6. The number of halogens is 2. The fraction of sp³-hybridized carbons (Fsp3) is 0.375. The van der Waals surface area contributed by atoms with Gasteiger partial charge in [0.1, 0.15) is 18.1 Å². The molecule has 8 nitrogen and oxygen atoms in total. The van der Waals surface area contributed by atoms with Gasteiger partial charge in [-0.2, -0.15) is 0 Å². The third-order valence-corrected chi connectivity index (χ3v) is 7.35. The van der Waals surface area contributed by atoms with E-state index in [2.05, 4.69) is 31.9 Å². The van der Waals surface area contributed by atoms with Gasteiger partial charge in [0.2, 0.25) is 0 Å². The maximum absolute atomic E-state index is 13.8. The number of carbonyl (C=O) groups excluding carboxylic acids is 1. The Hall–Kier alpha value is -2.76. The molecule has 0 atom stereocenters. The van der Waals surface area contributed by atoms with Gasteiger partial charge in [-0.05, 0) is 80.6 Å². The van der Waals surface area contributed by atoms with E-state index in [9.17, 15) is 14.7 Å². The van der Waals surface area contributed by atoms with Crippen LogP contribution in [0.25, 0.3) is 0 Å². The first kappa shape index (κ1) is 33.7. The molecule has 3 rings (SSSR count). The van der Waals surface area contributed by atoms with Crippen molar-refractivity contribution in [2.24, 2.45) is 0 Å². The molecular formula is C32H36Br2O8. The Morgan fingerprint density at radius 1 is 0.857 bits per heavy atom. The van der Waals surface area contributed by atoms with Crippen molar-refractivity contribution < 1.29 is 38.4 Å². The highest BCUT2D eigenvalue weighted by atomic mass is 79.9. The second kappa shape index (κ2) is 16.8. The molecule has 42 heavy (non-hydrogen) atoms. The van der Waals surface area contributed by atoms with Crippen LogP contribution in [-0.4, -0.2) is 63.6 Å². The summed E-state index contributed by atoms with van der Waals surface area (Å²) in [6, 6.07) is 14.3. The van der Waals surface area contributed by atoms with E-state index in [-0.39, 0.29) is 24.7 Å². The minimum Gasteiger partial charge on any atom is -0.491 e. The third-order valence-electron chi connectivity index (χ3n) is 6.17. The molecule has 3 aromatic carbocycles. The number of hydrogen-bond donors (Lipinski definition) is 1. The van der Waals surface area contributed by atoms with Gasteiger partial charge in [0.25, 0.3) is 0 Å². The summed E-state index contributed by atoms with van der Waals surface area (Å²) in [4.78, 5) is 25.1. The summed E-state index contributed by atoms with van der Waals surface area (Å²) >= 11 is 7.02. The summed E-state index contributed by atoms with van der Waals surface area (Å²) in [7, 11) is 1.63. The molecule has 0 aromatic heterocycles. The molecule has 0 saturated heterocycles. The minimum absolute atomic E-state index is 0.0606. The number of rotatable bonds is 17. The van der Waals surface area contributed by atoms with Crippen molar-refractivity contribution in [3.63, 3.8) is 0 Å². The molecule has 3 aromatic rings. The van der Waals surface area contributed by atoms with Crippen molar-refractivity contribution in [3.8, 4) is 17.2 Å². The topological polar surface area (TPSA) is 101 Å².